The molecule has 4 heterocycles. The van der Waals surface area contributed by atoms with Crippen molar-refractivity contribution in [2.45, 2.75) is 51.5 Å². The van der Waals surface area contributed by atoms with E-state index in [2.05, 4.69) is 36.4 Å². The van der Waals surface area contributed by atoms with E-state index in [9.17, 15) is 0 Å². The van der Waals surface area contributed by atoms with Gasteiger partial charge in [-0.2, -0.15) is 0 Å². The molecule has 2 aliphatic heterocycles. The van der Waals surface area contributed by atoms with Crippen molar-refractivity contribution in [3.05, 3.63) is 23.9 Å². The monoisotopic (exact) mass is 356 g/mol. The van der Waals surface area contributed by atoms with Gasteiger partial charge in [-0.1, -0.05) is 0 Å². The maximum atomic E-state index is 4.79. The second kappa shape index (κ2) is 8.07. The van der Waals surface area contributed by atoms with Crippen LogP contribution in [0.3, 0.4) is 0 Å². The quantitative estimate of drug-likeness (QED) is 0.779. The number of likely N-dealkylation sites (tertiary alicyclic amines) is 1. The van der Waals surface area contributed by atoms with Gasteiger partial charge in [0.15, 0.2) is 0 Å². The lowest BCUT2D eigenvalue weighted by molar-refractivity contribution is 0.200. The molecule has 4 rings (SSSR count). The molecule has 1 atom stereocenters. The van der Waals surface area contributed by atoms with Crippen LogP contribution >= 0.6 is 0 Å². The van der Waals surface area contributed by atoms with Crippen LogP contribution in [0.1, 0.15) is 49.5 Å². The number of aryl methyl sites for hydroxylation is 2. The summed E-state index contributed by atoms with van der Waals surface area (Å²) in [4.78, 5) is 14.4. The van der Waals surface area contributed by atoms with Crippen LogP contribution < -0.4 is 4.90 Å². The van der Waals surface area contributed by atoms with E-state index in [4.69, 9.17) is 4.98 Å². The van der Waals surface area contributed by atoms with E-state index in [1.54, 1.807) is 11.0 Å². The van der Waals surface area contributed by atoms with Gasteiger partial charge >= 0.3 is 0 Å². The van der Waals surface area contributed by atoms with Crippen molar-refractivity contribution in [3.8, 4) is 0 Å². The van der Waals surface area contributed by atoms with Gasteiger partial charge in [-0.3, -0.25) is 0 Å². The Morgan fingerprint density at radius 1 is 1.08 bits per heavy atom. The van der Waals surface area contributed by atoms with Gasteiger partial charge in [0, 0.05) is 38.2 Å². The van der Waals surface area contributed by atoms with Gasteiger partial charge in [-0.05, 0) is 62.5 Å². The minimum Gasteiger partial charge on any atom is -0.357 e. The maximum Gasteiger partial charge on any atom is 0.138 e. The summed E-state index contributed by atoms with van der Waals surface area (Å²) < 4.78 is 1.80. The molecule has 0 amide bonds. The molecule has 0 aromatic carbocycles. The highest BCUT2D eigenvalue weighted by Crippen LogP contribution is 2.28. The largest absolute Gasteiger partial charge is 0.357 e. The van der Waals surface area contributed by atoms with Crippen LogP contribution in [0.2, 0.25) is 0 Å². The summed E-state index contributed by atoms with van der Waals surface area (Å²) in [6, 6.07) is 2.24. The van der Waals surface area contributed by atoms with Crippen molar-refractivity contribution in [2.24, 2.45) is 0 Å². The van der Waals surface area contributed by atoms with Crippen molar-refractivity contribution in [1.29, 1.82) is 0 Å². The smallest absolute Gasteiger partial charge is 0.138 e. The summed E-state index contributed by atoms with van der Waals surface area (Å²) in [5.74, 6) is 2.54. The summed E-state index contributed by atoms with van der Waals surface area (Å²) in [7, 11) is 0. The fraction of sp³-hybridized carbons (Fsp3) is 0.722. The van der Waals surface area contributed by atoms with Gasteiger partial charge in [0.25, 0.3) is 0 Å². The van der Waals surface area contributed by atoms with Gasteiger partial charge in [-0.25, -0.2) is 14.6 Å². The molecule has 2 aromatic heterocycles. The van der Waals surface area contributed by atoms with Gasteiger partial charge < -0.3 is 9.80 Å². The normalized spacial score (nSPS) is 21.4. The fourth-order valence-corrected chi connectivity index (χ4v) is 4.13. The highest BCUT2D eigenvalue weighted by molar-refractivity contribution is 5.41. The third-order valence-corrected chi connectivity index (χ3v) is 5.45. The molecule has 8 heteroatoms. The molecule has 8 nitrogen and oxygen atoms in total. The van der Waals surface area contributed by atoms with Crippen LogP contribution in [0, 0.1) is 6.92 Å². The summed E-state index contributed by atoms with van der Waals surface area (Å²) in [5, 5.41) is 11.3. The number of piperidine rings is 1. The number of aromatic nitrogens is 6. The van der Waals surface area contributed by atoms with Crippen LogP contribution in [0.4, 0.5) is 5.82 Å². The van der Waals surface area contributed by atoms with Gasteiger partial charge in [-0.15, -0.1) is 5.10 Å². The van der Waals surface area contributed by atoms with E-state index in [0.717, 1.165) is 50.8 Å². The number of hydrogen-bond donors (Lipinski definition) is 0. The Morgan fingerprint density at radius 2 is 1.96 bits per heavy atom. The third-order valence-electron chi connectivity index (χ3n) is 5.45. The lowest BCUT2D eigenvalue weighted by Crippen LogP contribution is -2.36. The van der Waals surface area contributed by atoms with Crippen LogP contribution in [0.25, 0.3) is 0 Å². The summed E-state index contributed by atoms with van der Waals surface area (Å²) >= 11 is 0. The Hall–Kier alpha value is -2.09. The minimum absolute atomic E-state index is 0.514. The van der Waals surface area contributed by atoms with Crippen molar-refractivity contribution < 1.29 is 0 Å². The van der Waals surface area contributed by atoms with E-state index in [1.807, 2.05) is 6.92 Å². The molecule has 0 radical (unpaired) electrons. The van der Waals surface area contributed by atoms with E-state index >= 15 is 0 Å². The summed E-state index contributed by atoms with van der Waals surface area (Å²) in [6.45, 7) is 8.50. The highest BCUT2D eigenvalue weighted by Gasteiger charge is 2.24. The van der Waals surface area contributed by atoms with Crippen molar-refractivity contribution in [3.63, 3.8) is 0 Å². The summed E-state index contributed by atoms with van der Waals surface area (Å²) in [6.07, 6.45) is 7.76. The predicted octanol–water partition coefficient (Wildman–Crippen LogP) is 1.64. The second-order valence-electron chi connectivity index (χ2n) is 7.46. The Morgan fingerprint density at radius 3 is 2.77 bits per heavy atom. The number of nitrogens with zero attached hydrogens (tertiary/aromatic N) is 8. The molecular weight excluding hydrogens is 328 g/mol. The van der Waals surface area contributed by atoms with Crippen LogP contribution in [0.15, 0.2) is 12.4 Å². The topological polar surface area (TPSA) is 75.9 Å². The number of tetrazole rings is 1. The molecule has 0 bridgehead atoms. The number of rotatable bonds is 6. The van der Waals surface area contributed by atoms with Gasteiger partial charge in [0.1, 0.15) is 18.0 Å². The first-order chi connectivity index (χ1) is 12.8. The fourth-order valence-electron chi connectivity index (χ4n) is 4.13. The van der Waals surface area contributed by atoms with Crippen molar-refractivity contribution >= 4 is 5.82 Å². The standard InChI is InChI=1S/C18H28N8/c1-15-20-17(12-18(21-15)25-9-2-3-10-25)16-6-4-7-24(13-16)8-5-11-26-14-19-22-23-26/h12,14,16H,2-11,13H2,1H3/t16-/m0/s1. The average Bonchev–Trinajstić information content (AvgIpc) is 3.36. The first kappa shape index (κ1) is 17.3. The van der Waals surface area contributed by atoms with Gasteiger partial charge in [0.05, 0.1) is 5.69 Å². The SMILES string of the molecule is Cc1nc([C@H]2CCCN(CCCn3cnnn3)C2)cc(N2CCCC2)n1. The zero-order valence-corrected chi connectivity index (χ0v) is 15.6. The molecule has 0 unspecified atom stereocenters. The molecule has 0 spiro atoms. The lowest BCUT2D eigenvalue weighted by Gasteiger charge is -2.32. The zero-order valence-electron chi connectivity index (χ0n) is 15.6. The predicted molar refractivity (Wildman–Crippen MR) is 99.1 cm³/mol. The zero-order chi connectivity index (χ0) is 17.8. The molecule has 0 saturated carbocycles. The third kappa shape index (κ3) is 4.17. The molecular formula is C18H28N8. The molecule has 0 N–H and O–H groups in total. The van der Waals surface area contributed by atoms with E-state index in [-0.39, 0.29) is 0 Å². The molecule has 2 aliphatic rings. The van der Waals surface area contributed by atoms with E-state index in [0.29, 0.717) is 5.92 Å². The van der Waals surface area contributed by atoms with Crippen molar-refractivity contribution in [2.75, 3.05) is 37.6 Å². The Kier molecular flexibility index (Phi) is 5.38. The second-order valence-corrected chi connectivity index (χ2v) is 7.46. The number of anilines is 1. The number of hydrogen-bond acceptors (Lipinski definition) is 7. The Balaban J connectivity index is 1.37. The van der Waals surface area contributed by atoms with Crippen LogP contribution in [-0.2, 0) is 6.54 Å². The average molecular weight is 356 g/mol. The van der Waals surface area contributed by atoms with Crippen LogP contribution in [-0.4, -0.2) is 67.8 Å². The molecule has 2 aromatic rings. The van der Waals surface area contributed by atoms with Gasteiger partial charge in [0.2, 0.25) is 0 Å². The Labute approximate surface area is 154 Å². The first-order valence-electron chi connectivity index (χ1n) is 9.81. The Bertz CT molecular complexity index is 695. The molecule has 2 saturated heterocycles. The van der Waals surface area contributed by atoms with Crippen LogP contribution in [0.5, 0.6) is 0 Å². The molecule has 2 fully saturated rings. The van der Waals surface area contributed by atoms with Crippen molar-refractivity contribution in [1.82, 2.24) is 35.1 Å². The minimum atomic E-state index is 0.514. The van der Waals surface area contributed by atoms with E-state index in [1.165, 1.54) is 37.9 Å². The maximum absolute atomic E-state index is 4.79. The molecule has 140 valence electrons. The lowest BCUT2D eigenvalue weighted by atomic mass is 9.94. The molecule has 26 heavy (non-hydrogen) atoms. The highest BCUT2D eigenvalue weighted by atomic mass is 15.5. The summed E-state index contributed by atoms with van der Waals surface area (Å²) in [5.41, 5.74) is 1.23. The van der Waals surface area contributed by atoms with E-state index < -0.39 is 0 Å². The molecule has 0 aliphatic carbocycles. The first-order valence-corrected chi connectivity index (χ1v) is 9.81.